The van der Waals surface area contributed by atoms with E-state index in [1.807, 2.05) is 29.5 Å². The summed E-state index contributed by atoms with van der Waals surface area (Å²) in [4.78, 5) is 17.8. The summed E-state index contributed by atoms with van der Waals surface area (Å²) in [6, 6.07) is 0. The van der Waals surface area contributed by atoms with Crippen molar-refractivity contribution in [2.75, 3.05) is 13.1 Å². The van der Waals surface area contributed by atoms with Crippen LogP contribution in [-0.4, -0.2) is 33.4 Å². The first kappa shape index (κ1) is 14.7. The number of piperidine rings is 1. The molecule has 1 aromatic rings. The van der Waals surface area contributed by atoms with E-state index in [9.17, 15) is 4.79 Å². The van der Waals surface area contributed by atoms with Crippen molar-refractivity contribution >= 4 is 5.91 Å². The SMILES string of the molecule is CC.CC1CCN(C(=O)CCn2ccnc2)CC1. The average Bonchev–Trinajstić information content (AvgIpc) is 2.92. The first-order chi connectivity index (χ1) is 8.75. The quantitative estimate of drug-likeness (QED) is 0.828. The zero-order valence-electron chi connectivity index (χ0n) is 11.8. The Bertz CT molecular complexity index is 327. The second-order valence-electron chi connectivity index (χ2n) is 4.61. The predicted molar refractivity (Wildman–Crippen MR) is 73.2 cm³/mol. The molecule has 0 aromatic carbocycles. The molecule has 0 aliphatic carbocycles. The van der Waals surface area contributed by atoms with Gasteiger partial charge < -0.3 is 9.47 Å². The molecule has 0 atom stereocenters. The molecule has 1 aliphatic heterocycles. The zero-order chi connectivity index (χ0) is 13.4. The minimum atomic E-state index is 0.278. The smallest absolute Gasteiger partial charge is 0.224 e. The van der Waals surface area contributed by atoms with E-state index < -0.39 is 0 Å². The Morgan fingerprint density at radius 1 is 1.33 bits per heavy atom. The fourth-order valence-electron chi connectivity index (χ4n) is 2.06. The normalized spacial score (nSPS) is 16.1. The highest BCUT2D eigenvalue weighted by Crippen LogP contribution is 2.16. The van der Waals surface area contributed by atoms with Gasteiger partial charge in [0.25, 0.3) is 0 Å². The van der Waals surface area contributed by atoms with Crippen molar-refractivity contribution in [1.29, 1.82) is 0 Å². The second-order valence-corrected chi connectivity index (χ2v) is 4.61. The van der Waals surface area contributed by atoms with Gasteiger partial charge in [-0.25, -0.2) is 4.98 Å². The number of hydrogen-bond donors (Lipinski definition) is 0. The monoisotopic (exact) mass is 251 g/mol. The van der Waals surface area contributed by atoms with E-state index >= 15 is 0 Å². The molecule has 4 nitrogen and oxygen atoms in total. The summed E-state index contributed by atoms with van der Waals surface area (Å²) < 4.78 is 1.95. The van der Waals surface area contributed by atoms with E-state index in [0.29, 0.717) is 6.42 Å². The molecule has 2 rings (SSSR count). The molecular formula is C14H25N3O. The van der Waals surface area contributed by atoms with Gasteiger partial charge in [0.1, 0.15) is 0 Å². The Morgan fingerprint density at radius 3 is 2.56 bits per heavy atom. The number of imidazole rings is 1. The molecule has 2 heterocycles. The molecule has 18 heavy (non-hydrogen) atoms. The molecule has 1 aliphatic rings. The maximum Gasteiger partial charge on any atom is 0.224 e. The first-order valence-electron chi connectivity index (χ1n) is 6.99. The van der Waals surface area contributed by atoms with Crippen LogP contribution in [0, 0.1) is 5.92 Å². The van der Waals surface area contributed by atoms with E-state index in [4.69, 9.17) is 0 Å². The van der Waals surface area contributed by atoms with Gasteiger partial charge in [0.05, 0.1) is 6.33 Å². The standard InChI is InChI=1S/C12H19N3O.C2H6/c1-11-2-7-15(8-3-11)12(16)4-6-14-9-5-13-10-14;1-2/h5,9-11H,2-4,6-8H2,1H3;1-2H3. The van der Waals surface area contributed by atoms with Crippen molar-refractivity contribution in [3.8, 4) is 0 Å². The van der Waals surface area contributed by atoms with Crippen LogP contribution in [0.4, 0.5) is 0 Å². The van der Waals surface area contributed by atoms with Crippen LogP contribution in [0.1, 0.15) is 40.0 Å². The molecule has 1 saturated heterocycles. The topological polar surface area (TPSA) is 38.1 Å². The Kier molecular flexibility index (Phi) is 6.47. The van der Waals surface area contributed by atoms with Gasteiger partial charge in [-0.3, -0.25) is 4.79 Å². The summed E-state index contributed by atoms with van der Waals surface area (Å²) in [6.45, 7) is 8.87. The number of nitrogens with zero attached hydrogens (tertiary/aromatic N) is 3. The zero-order valence-corrected chi connectivity index (χ0v) is 11.8. The molecule has 0 unspecified atom stereocenters. The minimum absolute atomic E-state index is 0.278. The van der Waals surface area contributed by atoms with Gasteiger partial charge in [-0.1, -0.05) is 20.8 Å². The van der Waals surface area contributed by atoms with E-state index in [-0.39, 0.29) is 5.91 Å². The molecule has 1 fully saturated rings. The van der Waals surface area contributed by atoms with Gasteiger partial charge in [-0.15, -0.1) is 0 Å². The van der Waals surface area contributed by atoms with Crippen molar-refractivity contribution in [2.45, 2.75) is 46.6 Å². The van der Waals surface area contributed by atoms with Gasteiger partial charge >= 0.3 is 0 Å². The summed E-state index contributed by atoms with van der Waals surface area (Å²) >= 11 is 0. The number of rotatable bonds is 3. The van der Waals surface area contributed by atoms with Crippen LogP contribution < -0.4 is 0 Å². The van der Waals surface area contributed by atoms with Crippen molar-refractivity contribution < 1.29 is 4.79 Å². The van der Waals surface area contributed by atoms with E-state index in [0.717, 1.165) is 38.4 Å². The lowest BCUT2D eigenvalue weighted by Gasteiger charge is -2.30. The number of aromatic nitrogens is 2. The van der Waals surface area contributed by atoms with E-state index in [1.165, 1.54) is 0 Å². The average molecular weight is 251 g/mol. The maximum absolute atomic E-state index is 11.9. The molecular weight excluding hydrogens is 226 g/mol. The summed E-state index contributed by atoms with van der Waals surface area (Å²) in [5.41, 5.74) is 0. The molecule has 1 amide bonds. The van der Waals surface area contributed by atoms with Gasteiger partial charge in [0, 0.05) is 38.4 Å². The van der Waals surface area contributed by atoms with Crippen molar-refractivity contribution in [3.63, 3.8) is 0 Å². The number of hydrogen-bond acceptors (Lipinski definition) is 2. The van der Waals surface area contributed by atoms with Crippen molar-refractivity contribution in [1.82, 2.24) is 14.5 Å². The minimum Gasteiger partial charge on any atom is -0.343 e. The molecule has 0 bridgehead atoms. The fourth-order valence-corrected chi connectivity index (χ4v) is 2.06. The molecule has 1 aromatic heterocycles. The molecule has 4 heteroatoms. The van der Waals surface area contributed by atoms with Crippen LogP contribution in [-0.2, 0) is 11.3 Å². The summed E-state index contributed by atoms with van der Waals surface area (Å²) in [5.74, 6) is 1.05. The van der Waals surface area contributed by atoms with Gasteiger partial charge in [-0.05, 0) is 18.8 Å². The van der Waals surface area contributed by atoms with Crippen molar-refractivity contribution in [2.24, 2.45) is 5.92 Å². The molecule has 102 valence electrons. The number of carbonyl (C=O) groups excluding carboxylic acids is 1. The molecule has 0 spiro atoms. The van der Waals surface area contributed by atoms with Crippen LogP contribution >= 0.6 is 0 Å². The molecule has 0 N–H and O–H groups in total. The highest BCUT2D eigenvalue weighted by atomic mass is 16.2. The third-order valence-corrected chi connectivity index (χ3v) is 3.28. The Balaban J connectivity index is 0.000000771. The van der Waals surface area contributed by atoms with Gasteiger partial charge in [0.2, 0.25) is 5.91 Å². The third kappa shape index (κ3) is 4.51. The van der Waals surface area contributed by atoms with E-state index in [2.05, 4.69) is 11.9 Å². The third-order valence-electron chi connectivity index (χ3n) is 3.28. The summed E-state index contributed by atoms with van der Waals surface area (Å²) in [7, 11) is 0. The van der Waals surface area contributed by atoms with E-state index in [1.54, 1.807) is 12.5 Å². The number of likely N-dealkylation sites (tertiary alicyclic amines) is 1. The highest BCUT2D eigenvalue weighted by molar-refractivity contribution is 5.76. The number of amides is 1. The van der Waals surface area contributed by atoms with Crippen LogP contribution in [0.25, 0.3) is 0 Å². The lowest BCUT2D eigenvalue weighted by molar-refractivity contribution is -0.132. The predicted octanol–water partition coefficient (Wildman–Crippen LogP) is 2.56. The van der Waals surface area contributed by atoms with Crippen LogP contribution in [0.5, 0.6) is 0 Å². The highest BCUT2D eigenvalue weighted by Gasteiger charge is 2.19. The first-order valence-corrected chi connectivity index (χ1v) is 6.99. The van der Waals surface area contributed by atoms with Crippen LogP contribution in [0.2, 0.25) is 0 Å². The van der Waals surface area contributed by atoms with Crippen LogP contribution in [0.3, 0.4) is 0 Å². The summed E-state index contributed by atoms with van der Waals surface area (Å²) in [5, 5.41) is 0. The molecule has 0 radical (unpaired) electrons. The summed E-state index contributed by atoms with van der Waals surface area (Å²) in [6.07, 6.45) is 8.28. The Hall–Kier alpha value is -1.32. The van der Waals surface area contributed by atoms with Gasteiger partial charge in [-0.2, -0.15) is 0 Å². The Labute approximate surface area is 110 Å². The number of aryl methyl sites for hydroxylation is 1. The number of carbonyl (C=O) groups is 1. The van der Waals surface area contributed by atoms with Gasteiger partial charge in [0.15, 0.2) is 0 Å². The lowest BCUT2D eigenvalue weighted by Crippen LogP contribution is -2.38. The largest absolute Gasteiger partial charge is 0.343 e. The van der Waals surface area contributed by atoms with Crippen molar-refractivity contribution in [3.05, 3.63) is 18.7 Å². The maximum atomic E-state index is 11.9. The molecule has 0 saturated carbocycles. The fraction of sp³-hybridized carbons (Fsp3) is 0.714. The van der Waals surface area contributed by atoms with Crippen LogP contribution in [0.15, 0.2) is 18.7 Å². The lowest BCUT2D eigenvalue weighted by atomic mass is 9.99. The Morgan fingerprint density at radius 2 is 2.00 bits per heavy atom. The second kappa shape index (κ2) is 7.90.